The summed E-state index contributed by atoms with van der Waals surface area (Å²) in [6, 6.07) is 15.2. The van der Waals surface area contributed by atoms with Gasteiger partial charge in [0.25, 0.3) is 11.7 Å². The van der Waals surface area contributed by atoms with Crippen molar-refractivity contribution in [2.45, 2.75) is 19.3 Å². The molecule has 1 unspecified atom stereocenters. The minimum Gasteiger partial charge on any atom is -0.508 e. The van der Waals surface area contributed by atoms with Gasteiger partial charge >= 0.3 is 6.36 Å². The molecule has 1 atom stereocenters. The number of aliphatic hydroxyl groups excluding tert-OH is 1. The third kappa shape index (κ3) is 4.97. The molecule has 0 spiro atoms. The van der Waals surface area contributed by atoms with Gasteiger partial charge in [0.05, 0.1) is 18.2 Å². The summed E-state index contributed by atoms with van der Waals surface area (Å²) in [7, 11) is 0. The van der Waals surface area contributed by atoms with Gasteiger partial charge in [-0.15, -0.1) is 13.2 Å². The van der Waals surface area contributed by atoms with Crippen molar-refractivity contribution in [1.29, 1.82) is 0 Å². The number of aliphatic hydroxyl groups is 1. The van der Waals surface area contributed by atoms with E-state index in [0.717, 1.165) is 17.0 Å². The van der Waals surface area contributed by atoms with E-state index in [0.29, 0.717) is 17.9 Å². The fourth-order valence-electron chi connectivity index (χ4n) is 3.96. The molecule has 1 saturated heterocycles. The number of amides is 1. The molecule has 4 rings (SSSR count). The Morgan fingerprint density at radius 3 is 2.31 bits per heavy atom. The zero-order chi connectivity index (χ0) is 26.0. The Labute approximate surface area is 203 Å². The van der Waals surface area contributed by atoms with Gasteiger partial charge in [-0.05, 0) is 48.9 Å². The highest BCUT2D eigenvalue weighted by Crippen LogP contribution is 2.43. The highest BCUT2D eigenvalue weighted by Gasteiger charge is 2.47. The minimum atomic E-state index is -4.96. The number of benzene rings is 3. The molecule has 0 saturated carbocycles. The van der Waals surface area contributed by atoms with Crippen molar-refractivity contribution in [2.24, 2.45) is 0 Å². The number of carbonyl (C=O) groups excluding carboxylic acids is 2. The molecular formula is C26H20F3NO6. The van der Waals surface area contributed by atoms with Gasteiger partial charge in [-0.25, -0.2) is 0 Å². The number of phenols is 1. The molecule has 10 heteroatoms. The van der Waals surface area contributed by atoms with Crippen molar-refractivity contribution >= 4 is 23.1 Å². The Hall–Kier alpha value is -4.47. The van der Waals surface area contributed by atoms with Crippen molar-refractivity contribution < 1.29 is 42.4 Å². The van der Waals surface area contributed by atoms with Crippen LogP contribution in [0.4, 0.5) is 18.9 Å². The molecule has 3 aromatic carbocycles. The molecule has 2 N–H and O–H groups in total. The van der Waals surface area contributed by atoms with Crippen molar-refractivity contribution in [3.63, 3.8) is 0 Å². The monoisotopic (exact) mass is 499 g/mol. The van der Waals surface area contributed by atoms with Crippen molar-refractivity contribution in [2.75, 3.05) is 11.5 Å². The normalized spacial score (nSPS) is 17.3. The number of ether oxygens (including phenoxy) is 2. The van der Waals surface area contributed by atoms with E-state index in [1.54, 1.807) is 19.1 Å². The number of ketones is 1. The first-order chi connectivity index (χ1) is 17.1. The van der Waals surface area contributed by atoms with Gasteiger partial charge in [-0.1, -0.05) is 30.3 Å². The maximum absolute atomic E-state index is 13.2. The highest BCUT2D eigenvalue weighted by molar-refractivity contribution is 6.51. The van der Waals surface area contributed by atoms with Crippen molar-refractivity contribution in [1.82, 2.24) is 0 Å². The second-order valence-corrected chi connectivity index (χ2v) is 7.77. The molecule has 0 radical (unpaired) electrons. The summed E-state index contributed by atoms with van der Waals surface area (Å²) in [4.78, 5) is 27.3. The third-order valence-corrected chi connectivity index (χ3v) is 5.40. The molecule has 1 aliphatic rings. The van der Waals surface area contributed by atoms with Crippen LogP contribution in [0.1, 0.15) is 24.1 Å². The summed E-state index contributed by atoms with van der Waals surface area (Å²) in [5.74, 6) is -2.82. The first-order valence-electron chi connectivity index (χ1n) is 10.8. The topological polar surface area (TPSA) is 96.3 Å². The number of rotatable bonds is 6. The van der Waals surface area contributed by atoms with E-state index in [1.807, 2.05) is 0 Å². The smallest absolute Gasteiger partial charge is 0.508 e. The van der Waals surface area contributed by atoms with Gasteiger partial charge in [0.2, 0.25) is 0 Å². The van der Waals surface area contributed by atoms with Crippen LogP contribution in [0.15, 0.2) is 78.4 Å². The molecule has 3 aromatic rings. The Morgan fingerprint density at radius 1 is 0.972 bits per heavy atom. The lowest BCUT2D eigenvalue weighted by molar-refractivity contribution is -0.274. The van der Waals surface area contributed by atoms with Crippen LogP contribution in [-0.2, 0) is 9.59 Å². The SMILES string of the molecule is CCOc1cccc(/C(O)=C2\C(=O)C(=O)N(c3cccc(OC(F)(F)F)c3)C2c2ccc(O)cc2)c1. The zero-order valence-corrected chi connectivity index (χ0v) is 18.8. The molecule has 36 heavy (non-hydrogen) atoms. The number of anilines is 1. The quantitative estimate of drug-likeness (QED) is 0.271. The van der Waals surface area contributed by atoms with E-state index in [2.05, 4.69) is 4.74 Å². The van der Waals surface area contributed by atoms with E-state index in [4.69, 9.17) is 4.74 Å². The summed E-state index contributed by atoms with van der Waals surface area (Å²) < 4.78 is 47.8. The number of Topliss-reactive ketones (excluding diaryl/α,β-unsaturated/α-hetero) is 1. The molecule has 186 valence electrons. The number of hydrogen-bond acceptors (Lipinski definition) is 6. The lowest BCUT2D eigenvalue weighted by Gasteiger charge is -2.26. The third-order valence-electron chi connectivity index (χ3n) is 5.40. The molecule has 1 fully saturated rings. The Morgan fingerprint density at radius 2 is 1.64 bits per heavy atom. The fourth-order valence-corrected chi connectivity index (χ4v) is 3.96. The van der Waals surface area contributed by atoms with Crippen LogP contribution >= 0.6 is 0 Å². The molecule has 1 heterocycles. The van der Waals surface area contributed by atoms with Crippen molar-refractivity contribution in [3.05, 3.63) is 89.5 Å². The standard InChI is InChI=1S/C26H20F3NO6/c1-2-35-19-7-3-5-16(13-19)23(32)21-22(15-9-11-18(31)12-10-15)30(25(34)24(21)33)17-6-4-8-20(14-17)36-26(27,28)29/h3-14,22,31-32H,2H2,1H3/b23-21+. The van der Waals surface area contributed by atoms with E-state index in [-0.39, 0.29) is 22.6 Å². The molecule has 7 nitrogen and oxygen atoms in total. The molecule has 0 bridgehead atoms. The molecule has 1 amide bonds. The number of alkyl halides is 3. The number of carbonyl (C=O) groups is 2. The van der Waals surface area contributed by atoms with E-state index in [9.17, 15) is 33.0 Å². The van der Waals surface area contributed by atoms with Gasteiger partial charge in [0.15, 0.2) is 0 Å². The lowest BCUT2D eigenvalue weighted by atomic mass is 9.95. The zero-order valence-electron chi connectivity index (χ0n) is 18.8. The second-order valence-electron chi connectivity index (χ2n) is 7.77. The molecular weight excluding hydrogens is 479 g/mol. The Balaban J connectivity index is 1.89. The van der Waals surface area contributed by atoms with E-state index < -0.39 is 35.6 Å². The summed E-state index contributed by atoms with van der Waals surface area (Å²) in [5.41, 5.74) is 0.203. The van der Waals surface area contributed by atoms with Crippen molar-refractivity contribution in [3.8, 4) is 17.2 Å². The Kier molecular flexibility index (Phi) is 6.61. The van der Waals surface area contributed by atoms with Crippen LogP contribution in [0.2, 0.25) is 0 Å². The number of hydrogen-bond donors (Lipinski definition) is 2. The van der Waals surface area contributed by atoms with E-state index >= 15 is 0 Å². The lowest BCUT2D eigenvalue weighted by Crippen LogP contribution is -2.29. The summed E-state index contributed by atoms with van der Waals surface area (Å²) in [6.45, 7) is 2.14. The highest BCUT2D eigenvalue weighted by atomic mass is 19.4. The second kappa shape index (κ2) is 9.65. The number of aromatic hydroxyl groups is 1. The molecule has 0 aromatic heterocycles. The van der Waals surface area contributed by atoms with Crippen LogP contribution in [-0.4, -0.2) is 34.9 Å². The fraction of sp³-hybridized carbons (Fsp3) is 0.154. The molecule has 1 aliphatic heterocycles. The maximum atomic E-state index is 13.2. The van der Waals surface area contributed by atoms with E-state index in [1.165, 1.54) is 48.5 Å². The van der Waals surface area contributed by atoms with Gasteiger partial charge in [-0.2, -0.15) is 0 Å². The Bertz CT molecular complexity index is 1330. The predicted octanol–water partition coefficient (Wildman–Crippen LogP) is 5.32. The van der Waals surface area contributed by atoms with Gasteiger partial charge in [0.1, 0.15) is 23.0 Å². The largest absolute Gasteiger partial charge is 0.573 e. The van der Waals surface area contributed by atoms with Gasteiger partial charge in [0, 0.05) is 17.3 Å². The van der Waals surface area contributed by atoms with Crippen LogP contribution in [0.25, 0.3) is 5.76 Å². The predicted molar refractivity (Wildman–Crippen MR) is 124 cm³/mol. The van der Waals surface area contributed by atoms with Crippen LogP contribution in [0.5, 0.6) is 17.2 Å². The van der Waals surface area contributed by atoms with Gasteiger partial charge < -0.3 is 19.7 Å². The first-order valence-corrected chi connectivity index (χ1v) is 10.8. The van der Waals surface area contributed by atoms with Crippen LogP contribution < -0.4 is 14.4 Å². The van der Waals surface area contributed by atoms with Crippen LogP contribution in [0.3, 0.4) is 0 Å². The number of nitrogens with zero attached hydrogens (tertiary/aromatic N) is 1. The number of halogens is 3. The minimum absolute atomic E-state index is 0.0564. The average molecular weight is 499 g/mol. The summed E-state index contributed by atoms with van der Waals surface area (Å²) in [6.07, 6.45) is -4.96. The summed E-state index contributed by atoms with van der Waals surface area (Å²) >= 11 is 0. The average Bonchev–Trinajstić information content (AvgIpc) is 3.09. The van der Waals surface area contributed by atoms with Gasteiger partial charge in [-0.3, -0.25) is 14.5 Å². The maximum Gasteiger partial charge on any atom is 0.573 e. The molecule has 0 aliphatic carbocycles. The summed E-state index contributed by atoms with van der Waals surface area (Å²) in [5, 5.41) is 20.9. The number of phenolic OH excluding ortho intramolecular Hbond substituents is 1. The van der Waals surface area contributed by atoms with Crippen LogP contribution in [0, 0.1) is 0 Å². The first kappa shape index (κ1) is 24.6.